The third-order valence-corrected chi connectivity index (χ3v) is 3.45. The van der Waals surface area contributed by atoms with E-state index in [1.807, 2.05) is 0 Å². The van der Waals surface area contributed by atoms with E-state index in [1.165, 1.54) is 18.5 Å². The molecule has 0 radical (unpaired) electrons. The van der Waals surface area contributed by atoms with Gasteiger partial charge in [0.15, 0.2) is 0 Å². The topological polar surface area (TPSA) is 105 Å². The second kappa shape index (κ2) is 5.34. The summed E-state index contributed by atoms with van der Waals surface area (Å²) >= 11 is 0. The Morgan fingerprint density at radius 1 is 1.50 bits per heavy atom. The largest absolute Gasteiger partial charge is 0.387 e. The molecule has 0 saturated carbocycles. The summed E-state index contributed by atoms with van der Waals surface area (Å²) < 4.78 is 32.4. The SMILES string of the molecule is O=S(=O)(CC(O)c1cc[nH]c1)OCc1ccon1. The molecule has 0 aromatic carbocycles. The highest BCUT2D eigenvalue weighted by Crippen LogP contribution is 2.15. The van der Waals surface area contributed by atoms with Crippen LogP contribution < -0.4 is 0 Å². The Morgan fingerprint density at radius 3 is 2.94 bits per heavy atom. The van der Waals surface area contributed by atoms with Crippen LogP contribution in [0.25, 0.3) is 0 Å². The normalized spacial score (nSPS) is 13.6. The van der Waals surface area contributed by atoms with Crippen LogP contribution in [0.4, 0.5) is 0 Å². The van der Waals surface area contributed by atoms with Gasteiger partial charge in [-0.25, -0.2) is 0 Å². The predicted octanol–water partition coefficient (Wildman–Crippen LogP) is 0.583. The van der Waals surface area contributed by atoms with E-state index >= 15 is 0 Å². The van der Waals surface area contributed by atoms with Gasteiger partial charge in [0.25, 0.3) is 10.1 Å². The first-order chi connectivity index (χ1) is 8.57. The summed E-state index contributed by atoms with van der Waals surface area (Å²) in [5, 5.41) is 13.2. The smallest absolute Gasteiger partial charge is 0.270 e. The Balaban J connectivity index is 1.91. The van der Waals surface area contributed by atoms with E-state index in [-0.39, 0.29) is 6.61 Å². The number of aromatic nitrogens is 2. The molecule has 8 heteroatoms. The zero-order valence-electron chi connectivity index (χ0n) is 9.31. The molecule has 1 unspecified atom stereocenters. The van der Waals surface area contributed by atoms with Gasteiger partial charge in [0.05, 0.1) is 6.10 Å². The van der Waals surface area contributed by atoms with Gasteiger partial charge in [-0.2, -0.15) is 8.42 Å². The Labute approximate surface area is 103 Å². The van der Waals surface area contributed by atoms with Crippen molar-refractivity contribution in [2.45, 2.75) is 12.7 Å². The second-order valence-electron chi connectivity index (χ2n) is 3.64. The minimum Gasteiger partial charge on any atom is -0.387 e. The van der Waals surface area contributed by atoms with Crippen LogP contribution in [0.1, 0.15) is 17.4 Å². The summed E-state index contributed by atoms with van der Waals surface area (Å²) in [4.78, 5) is 2.73. The highest BCUT2D eigenvalue weighted by molar-refractivity contribution is 7.86. The van der Waals surface area contributed by atoms with Crippen molar-refractivity contribution in [1.29, 1.82) is 0 Å². The number of aliphatic hydroxyl groups excluding tert-OH is 1. The lowest BCUT2D eigenvalue weighted by Gasteiger charge is -2.09. The quantitative estimate of drug-likeness (QED) is 0.745. The molecule has 0 aliphatic rings. The molecule has 0 bridgehead atoms. The van der Waals surface area contributed by atoms with Crippen molar-refractivity contribution in [1.82, 2.24) is 10.1 Å². The summed E-state index contributed by atoms with van der Waals surface area (Å²) in [6, 6.07) is 3.09. The summed E-state index contributed by atoms with van der Waals surface area (Å²) in [5.74, 6) is -0.511. The van der Waals surface area contributed by atoms with E-state index in [0.717, 1.165) is 0 Å². The third kappa shape index (κ3) is 3.42. The van der Waals surface area contributed by atoms with Crippen LogP contribution in [0.2, 0.25) is 0 Å². The molecule has 2 rings (SSSR count). The molecule has 0 amide bonds. The van der Waals surface area contributed by atoms with Crippen LogP contribution in [0, 0.1) is 0 Å². The molecule has 2 heterocycles. The van der Waals surface area contributed by atoms with Crippen molar-refractivity contribution in [2.24, 2.45) is 0 Å². The molecular weight excluding hydrogens is 260 g/mol. The first kappa shape index (κ1) is 12.8. The van der Waals surface area contributed by atoms with Crippen LogP contribution in [0.15, 0.2) is 35.3 Å². The second-order valence-corrected chi connectivity index (χ2v) is 5.32. The molecule has 1 atom stereocenters. The highest BCUT2D eigenvalue weighted by Gasteiger charge is 2.20. The monoisotopic (exact) mass is 272 g/mol. The zero-order valence-corrected chi connectivity index (χ0v) is 10.1. The predicted molar refractivity (Wildman–Crippen MR) is 60.8 cm³/mol. The molecule has 18 heavy (non-hydrogen) atoms. The summed E-state index contributed by atoms with van der Waals surface area (Å²) in [7, 11) is -3.83. The summed E-state index contributed by atoms with van der Waals surface area (Å²) in [5.41, 5.74) is 0.860. The van der Waals surface area contributed by atoms with Gasteiger partial charge in [-0.05, 0) is 11.6 Å². The van der Waals surface area contributed by atoms with E-state index in [1.54, 1.807) is 12.3 Å². The molecule has 2 aromatic heterocycles. The number of H-pyrrole nitrogens is 1. The fraction of sp³-hybridized carbons (Fsp3) is 0.300. The van der Waals surface area contributed by atoms with E-state index in [9.17, 15) is 13.5 Å². The molecule has 2 N–H and O–H groups in total. The van der Waals surface area contributed by atoms with Gasteiger partial charge in [0.1, 0.15) is 24.3 Å². The lowest BCUT2D eigenvalue weighted by atomic mass is 10.2. The van der Waals surface area contributed by atoms with Crippen LogP contribution >= 0.6 is 0 Å². The molecule has 0 aliphatic heterocycles. The zero-order chi connectivity index (χ0) is 13.0. The molecule has 2 aromatic rings. The Bertz CT molecular complexity index is 561. The Hall–Kier alpha value is -1.64. The lowest BCUT2D eigenvalue weighted by molar-refractivity contribution is 0.194. The van der Waals surface area contributed by atoms with Gasteiger partial charge in [-0.15, -0.1) is 0 Å². The van der Waals surface area contributed by atoms with Gasteiger partial charge in [0, 0.05) is 18.5 Å². The molecular formula is C10H12N2O5S. The van der Waals surface area contributed by atoms with Crippen molar-refractivity contribution >= 4 is 10.1 Å². The minimum atomic E-state index is -3.83. The van der Waals surface area contributed by atoms with Crippen molar-refractivity contribution in [2.75, 3.05) is 5.75 Å². The fourth-order valence-electron chi connectivity index (χ4n) is 1.34. The van der Waals surface area contributed by atoms with E-state index in [2.05, 4.69) is 14.7 Å². The molecule has 0 fully saturated rings. The Morgan fingerprint density at radius 2 is 2.33 bits per heavy atom. The molecule has 0 aliphatic carbocycles. The van der Waals surface area contributed by atoms with E-state index < -0.39 is 22.0 Å². The minimum absolute atomic E-state index is 0.210. The van der Waals surface area contributed by atoms with Crippen LogP contribution in [0.5, 0.6) is 0 Å². The first-order valence-electron chi connectivity index (χ1n) is 5.14. The molecule has 7 nitrogen and oxygen atoms in total. The standard InChI is InChI=1S/C10H12N2O5S/c13-10(8-1-3-11-5-8)7-18(14,15)17-6-9-2-4-16-12-9/h1-5,10-11,13H,6-7H2. The third-order valence-electron chi connectivity index (χ3n) is 2.25. The maximum atomic E-state index is 11.6. The number of nitrogens with zero attached hydrogens (tertiary/aromatic N) is 1. The maximum Gasteiger partial charge on any atom is 0.270 e. The number of nitrogens with one attached hydrogen (secondary N) is 1. The summed E-state index contributed by atoms with van der Waals surface area (Å²) in [6.07, 6.45) is 3.32. The number of aromatic amines is 1. The molecule has 98 valence electrons. The number of aliphatic hydroxyl groups is 1. The molecule has 0 spiro atoms. The molecule has 0 saturated heterocycles. The van der Waals surface area contributed by atoms with Gasteiger partial charge < -0.3 is 14.6 Å². The van der Waals surface area contributed by atoms with Crippen molar-refractivity contribution in [3.05, 3.63) is 42.0 Å². The average molecular weight is 272 g/mol. The van der Waals surface area contributed by atoms with Gasteiger partial charge in [-0.1, -0.05) is 5.16 Å². The van der Waals surface area contributed by atoms with Gasteiger partial charge in [0.2, 0.25) is 0 Å². The van der Waals surface area contributed by atoms with Crippen LogP contribution in [-0.4, -0.2) is 29.4 Å². The van der Waals surface area contributed by atoms with Crippen LogP contribution in [0.3, 0.4) is 0 Å². The van der Waals surface area contributed by atoms with Gasteiger partial charge >= 0.3 is 0 Å². The van der Waals surface area contributed by atoms with Crippen molar-refractivity contribution in [3.63, 3.8) is 0 Å². The fourth-order valence-corrected chi connectivity index (χ4v) is 2.32. The number of hydrogen-bond acceptors (Lipinski definition) is 6. The highest BCUT2D eigenvalue weighted by atomic mass is 32.2. The average Bonchev–Trinajstić information content (AvgIpc) is 2.99. The number of hydrogen-bond donors (Lipinski definition) is 2. The van der Waals surface area contributed by atoms with Crippen LogP contribution in [-0.2, 0) is 20.9 Å². The van der Waals surface area contributed by atoms with Crippen molar-refractivity contribution < 1.29 is 22.2 Å². The van der Waals surface area contributed by atoms with E-state index in [0.29, 0.717) is 11.3 Å². The maximum absolute atomic E-state index is 11.6. The first-order valence-corrected chi connectivity index (χ1v) is 6.72. The summed E-state index contributed by atoms with van der Waals surface area (Å²) in [6.45, 7) is -0.210. The lowest BCUT2D eigenvalue weighted by Crippen LogP contribution is -2.16. The van der Waals surface area contributed by atoms with E-state index in [4.69, 9.17) is 4.18 Å². The Kier molecular flexibility index (Phi) is 3.80. The number of rotatable bonds is 6. The van der Waals surface area contributed by atoms with Gasteiger partial charge in [-0.3, -0.25) is 4.18 Å². The van der Waals surface area contributed by atoms with Crippen molar-refractivity contribution in [3.8, 4) is 0 Å².